The first kappa shape index (κ1) is 13.8. The van der Waals surface area contributed by atoms with Gasteiger partial charge in [-0.2, -0.15) is 0 Å². The van der Waals surface area contributed by atoms with Crippen molar-refractivity contribution < 1.29 is 9.18 Å². The second-order valence-electron chi connectivity index (χ2n) is 6.95. The van der Waals surface area contributed by atoms with E-state index in [9.17, 15) is 9.18 Å². The van der Waals surface area contributed by atoms with E-state index in [1.807, 2.05) is 11.1 Å². The van der Waals surface area contributed by atoms with Gasteiger partial charge in [0.05, 0.1) is 5.41 Å². The van der Waals surface area contributed by atoms with Gasteiger partial charge in [-0.05, 0) is 55.4 Å². The standard InChI is InChI=1S/C18H21FN2O/c1-12-4-8-21(9-5-12)17(22)18(6-7-18)15-11-20-16-3-2-13(19)10-14(15)16/h2-3,10-12,20H,4-9H2,1H3. The Kier molecular flexibility index (Phi) is 3.03. The maximum Gasteiger partial charge on any atom is 0.233 e. The highest BCUT2D eigenvalue weighted by Crippen LogP contribution is 2.52. The van der Waals surface area contributed by atoms with Gasteiger partial charge in [-0.3, -0.25) is 4.79 Å². The first-order valence-electron chi connectivity index (χ1n) is 8.17. The molecule has 2 aliphatic rings. The van der Waals surface area contributed by atoms with Crippen molar-refractivity contribution in [1.82, 2.24) is 9.88 Å². The van der Waals surface area contributed by atoms with Crippen molar-refractivity contribution in [3.63, 3.8) is 0 Å². The lowest BCUT2D eigenvalue weighted by molar-refractivity contribution is -0.135. The average Bonchev–Trinajstić information content (AvgIpc) is 3.22. The number of H-pyrrole nitrogens is 1. The van der Waals surface area contributed by atoms with Crippen LogP contribution in [0.25, 0.3) is 10.9 Å². The number of benzene rings is 1. The summed E-state index contributed by atoms with van der Waals surface area (Å²) < 4.78 is 13.6. The number of likely N-dealkylation sites (tertiary alicyclic amines) is 1. The zero-order valence-corrected chi connectivity index (χ0v) is 12.9. The lowest BCUT2D eigenvalue weighted by Gasteiger charge is -2.33. The second-order valence-corrected chi connectivity index (χ2v) is 6.95. The van der Waals surface area contributed by atoms with Crippen molar-refractivity contribution in [2.24, 2.45) is 5.92 Å². The van der Waals surface area contributed by atoms with Gasteiger partial charge in [0, 0.05) is 30.2 Å². The molecule has 4 rings (SSSR count). The number of hydrogen-bond donors (Lipinski definition) is 1. The van der Waals surface area contributed by atoms with E-state index in [0.717, 1.165) is 55.2 Å². The molecular formula is C18H21FN2O. The molecule has 0 atom stereocenters. The monoisotopic (exact) mass is 300 g/mol. The number of hydrogen-bond acceptors (Lipinski definition) is 1. The molecule has 1 amide bonds. The topological polar surface area (TPSA) is 36.1 Å². The molecule has 1 N–H and O–H groups in total. The van der Waals surface area contributed by atoms with E-state index in [4.69, 9.17) is 0 Å². The van der Waals surface area contributed by atoms with Crippen LogP contribution in [0.15, 0.2) is 24.4 Å². The fourth-order valence-electron chi connectivity index (χ4n) is 3.73. The van der Waals surface area contributed by atoms with Gasteiger partial charge in [-0.25, -0.2) is 4.39 Å². The van der Waals surface area contributed by atoms with Gasteiger partial charge in [0.25, 0.3) is 0 Å². The highest BCUT2D eigenvalue weighted by Gasteiger charge is 2.54. The van der Waals surface area contributed by atoms with Crippen LogP contribution in [0.1, 0.15) is 38.2 Å². The van der Waals surface area contributed by atoms with Crippen LogP contribution in [0.3, 0.4) is 0 Å². The van der Waals surface area contributed by atoms with Crippen LogP contribution in [-0.4, -0.2) is 28.9 Å². The van der Waals surface area contributed by atoms with E-state index in [1.54, 1.807) is 12.1 Å². The number of amides is 1. The molecule has 1 saturated heterocycles. The molecule has 1 aromatic heterocycles. The van der Waals surface area contributed by atoms with Crippen LogP contribution in [0.2, 0.25) is 0 Å². The predicted octanol–water partition coefficient (Wildman–Crippen LogP) is 3.60. The molecule has 4 heteroatoms. The summed E-state index contributed by atoms with van der Waals surface area (Å²) >= 11 is 0. The van der Waals surface area contributed by atoms with E-state index in [-0.39, 0.29) is 11.7 Å². The number of piperidine rings is 1. The summed E-state index contributed by atoms with van der Waals surface area (Å²) in [5, 5.41) is 0.858. The summed E-state index contributed by atoms with van der Waals surface area (Å²) in [6.45, 7) is 3.97. The SMILES string of the molecule is CC1CCN(C(=O)C2(c3c[nH]c4ccc(F)cc34)CC2)CC1. The number of aromatic nitrogens is 1. The summed E-state index contributed by atoms with van der Waals surface area (Å²) in [7, 11) is 0. The van der Waals surface area contributed by atoms with Gasteiger partial charge in [0.1, 0.15) is 5.82 Å². The molecule has 2 aromatic rings. The van der Waals surface area contributed by atoms with Crippen molar-refractivity contribution in [3.8, 4) is 0 Å². The third kappa shape index (κ3) is 2.04. The molecule has 1 aliphatic heterocycles. The van der Waals surface area contributed by atoms with Gasteiger partial charge in [-0.1, -0.05) is 6.92 Å². The number of nitrogens with zero attached hydrogens (tertiary/aromatic N) is 1. The second kappa shape index (κ2) is 4.83. The number of carbonyl (C=O) groups excluding carboxylic acids is 1. The summed E-state index contributed by atoms with van der Waals surface area (Å²) in [4.78, 5) is 18.2. The smallest absolute Gasteiger partial charge is 0.233 e. The molecule has 0 spiro atoms. The van der Waals surface area contributed by atoms with Crippen LogP contribution >= 0.6 is 0 Å². The van der Waals surface area contributed by atoms with E-state index >= 15 is 0 Å². The molecule has 0 radical (unpaired) electrons. The Labute approximate surface area is 129 Å². The lowest BCUT2D eigenvalue weighted by Crippen LogP contribution is -2.43. The predicted molar refractivity (Wildman–Crippen MR) is 84.1 cm³/mol. The van der Waals surface area contributed by atoms with Crippen LogP contribution in [0.4, 0.5) is 4.39 Å². The Hall–Kier alpha value is -1.84. The van der Waals surface area contributed by atoms with Gasteiger partial charge in [-0.15, -0.1) is 0 Å². The zero-order valence-electron chi connectivity index (χ0n) is 12.9. The largest absolute Gasteiger partial charge is 0.361 e. The highest BCUT2D eigenvalue weighted by molar-refractivity contribution is 5.97. The molecule has 1 aliphatic carbocycles. The number of fused-ring (bicyclic) bond motifs is 1. The normalized spacial score (nSPS) is 21.3. The minimum Gasteiger partial charge on any atom is -0.361 e. The molecular weight excluding hydrogens is 279 g/mol. The number of rotatable bonds is 2. The first-order chi connectivity index (χ1) is 10.6. The van der Waals surface area contributed by atoms with E-state index in [2.05, 4.69) is 11.9 Å². The molecule has 2 fully saturated rings. The van der Waals surface area contributed by atoms with E-state index < -0.39 is 5.41 Å². The molecule has 0 bridgehead atoms. The quantitative estimate of drug-likeness (QED) is 0.904. The van der Waals surface area contributed by atoms with Crippen LogP contribution in [0.5, 0.6) is 0 Å². The molecule has 1 aromatic carbocycles. The van der Waals surface area contributed by atoms with Crippen molar-refractivity contribution in [1.29, 1.82) is 0 Å². The number of aromatic amines is 1. The van der Waals surface area contributed by atoms with E-state index in [1.165, 1.54) is 6.07 Å². The fraction of sp³-hybridized carbons (Fsp3) is 0.500. The van der Waals surface area contributed by atoms with Crippen molar-refractivity contribution in [3.05, 3.63) is 35.8 Å². The first-order valence-corrected chi connectivity index (χ1v) is 8.17. The number of carbonyl (C=O) groups is 1. The van der Waals surface area contributed by atoms with Crippen molar-refractivity contribution >= 4 is 16.8 Å². The molecule has 22 heavy (non-hydrogen) atoms. The average molecular weight is 300 g/mol. The summed E-state index contributed by atoms with van der Waals surface area (Å²) in [6, 6.07) is 4.75. The van der Waals surface area contributed by atoms with Gasteiger partial charge in [0.2, 0.25) is 5.91 Å². The summed E-state index contributed by atoms with van der Waals surface area (Å²) in [6.07, 6.45) is 5.83. The van der Waals surface area contributed by atoms with Crippen LogP contribution in [0, 0.1) is 11.7 Å². The van der Waals surface area contributed by atoms with Crippen molar-refractivity contribution in [2.45, 2.75) is 38.0 Å². The molecule has 2 heterocycles. The number of nitrogens with one attached hydrogen (secondary N) is 1. The minimum absolute atomic E-state index is 0.240. The number of halogens is 1. The Morgan fingerprint density at radius 2 is 2.05 bits per heavy atom. The Balaban J connectivity index is 1.68. The minimum atomic E-state index is -0.410. The maximum absolute atomic E-state index is 13.6. The summed E-state index contributed by atoms with van der Waals surface area (Å²) in [5.41, 5.74) is 1.47. The lowest BCUT2D eigenvalue weighted by atomic mass is 9.91. The van der Waals surface area contributed by atoms with Crippen molar-refractivity contribution in [2.75, 3.05) is 13.1 Å². The highest BCUT2D eigenvalue weighted by atomic mass is 19.1. The molecule has 3 nitrogen and oxygen atoms in total. The third-order valence-corrected chi connectivity index (χ3v) is 5.39. The third-order valence-electron chi connectivity index (χ3n) is 5.39. The van der Waals surface area contributed by atoms with Crippen LogP contribution < -0.4 is 0 Å². The van der Waals surface area contributed by atoms with Gasteiger partial charge < -0.3 is 9.88 Å². The molecule has 1 saturated carbocycles. The Morgan fingerprint density at radius 1 is 1.32 bits per heavy atom. The van der Waals surface area contributed by atoms with Gasteiger partial charge in [0.15, 0.2) is 0 Å². The fourth-order valence-corrected chi connectivity index (χ4v) is 3.73. The van der Waals surface area contributed by atoms with E-state index in [0.29, 0.717) is 5.92 Å². The van der Waals surface area contributed by atoms with Gasteiger partial charge >= 0.3 is 0 Å². The zero-order chi connectivity index (χ0) is 15.3. The summed E-state index contributed by atoms with van der Waals surface area (Å²) in [5.74, 6) is 0.703. The Morgan fingerprint density at radius 3 is 2.73 bits per heavy atom. The van der Waals surface area contributed by atoms with Crippen LogP contribution in [-0.2, 0) is 10.2 Å². The molecule has 116 valence electrons. The Bertz CT molecular complexity index is 724. The maximum atomic E-state index is 13.6. The molecule has 0 unspecified atom stereocenters.